The molecule has 5 heteroatoms. The van der Waals surface area contributed by atoms with E-state index in [0.717, 1.165) is 0 Å². The molecule has 0 bridgehead atoms. The molecule has 0 spiro atoms. The Morgan fingerprint density at radius 1 is 1.31 bits per heavy atom. The van der Waals surface area contributed by atoms with Crippen LogP contribution in [0.4, 0.5) is 0 Å². The summed E-state index contributed by atoms with van der Waals surface area (Å²) >= 11 is 0. The summed E-state index contributed by atoms with van der Waals surface area (Å²) < 4.78 is 0. The molecule has 5 nitrogen and oxygen atoms in total. The molecule has 1 fully saturated rings. The lowest BCUT2D eigenvalue weighted by Crippen LogP contribution is -2.45. The van der Waals surface area contributed by atoms with Crippen LogP contribution >= 0.6 is 0 Å². The van der Waals surface area contributed by atoms with Gasteiger partial charge in [-0.2, -0.15) is 0 Å². The van der Waals surface area contributed by atoms with Crippen LogP contribution in [0.1, 0.15) is 33.1 Å². The lowest BCUT2D eigenvalue weighted by molar-refractivity contribution is -0.135. The fraction of sp³-hybridized carbons (Fsp3) is 0.818. The van der Waals surface area contributed by atoms with Crippen molar-refractivity contribution in [1.29, 1.82) is 0 Å². The van der Waals surface area contributed by atoms with Crippen LogP contribution in [0, 0.1) is 5.92 Å². The normalized spacial score (nSPS) is 18.6. The molecule has 1 rings (SSSR count). The zero-order valence-electron chi connectivity index (χ0n) is 10.0. The van der Waals surface area contributed by atoms with Gasteiger partial charge in [0.2, 0.25) is 11.8 Å². The number of carbonyl (C=O) groups excluding carboxylic acids is 2. The van der Waals surface area contributed by atoms with Crippen molar-refractivity contribution >= 4 is 11.8 Å². The minimum Gasteiger partial charge on any atom is -0.369 e. The predicted octanol–water partition coefficient (Wildman–Crippen LogP) is -0.162. The number of amides is 2. The second-order valence-electron chi connectivity index (χ2n) is 5.22. The van der Waals surface area contributed by atoms with Crippen molar-refractivity contribution in [2.45, 2.75) is 38.6 Å². The van der Waals surface area contributed by atoms with Gasteiger partial charge in [-0.15, -0.1) is 0 Å². The topological polar surface area (TPSA) is 89.4 Å². The Kier molecular flexibility index (Phi) is 3.91. The van der Waals surface area contributed by atoms with E-state index in [2.05, 4.69) is 0 Å². The van der Waals surface area contributed by atoms with Crippen LogP contribution in [0.3, 0.4) is 0 Å². The van der Waals surface area contributed by atoms with Crippen molar-refractivity contribution in [1.82, 2.24) is 4.90 Å². The average molecular weight is 227 g/mol. The van der Waals surface area contributed by atoms with E-state index < -0.39 is 5.54 Å². The predicted molar refractivity (Wildman–Crippen MR) is 61.4 cm³/mol. The average Bonchev–Trinajstić information content (AvgIpc) is 2.15. The van der Waals surface area contributed by atoms with Gasteiger partial charge in [0.15, 0.2) is 0 Å². The summed E-state index contributed by atoms with van der Waals surface area (Å²) in [5.74, 6) is -0.267. The van der Waals surface area contributed by atoms with E-state index in [-0.39, 0.29) is 17.7 Å². The Morgan fingerprint density at radius 2 is 1.81 bits per heavy atom. The van der Waals surface area contributed by atoms with Crippen LogP contribution in [0.15, 0.2) is 0 Å². The molecule has 1 aliphatic rings. The van der Waals surface area contributed by atoms with Gasteiger partial charge >= 0.3 is 0 Å². The van der Waals surface area contributed by atoms with Crippen LogP contribution < -0.4 is 11.5 Å². The molecule has 0 saturated carbocycles. The molecule has 0 aromatic carbocycles. The first-order valence-corrected chi connectivity index (χ1v) is 5.65. The molecule has 2 amide bonds. The smallest absolute Gasteiger partial charge is 0.224 e. The molecule has 1 aliphatic heterocycles. The van der Waals surface area contributed by atoms with Gasteiger partial charge in [-0.1, -0.05) is 0 Å². The summed E-state index contributed by atoms with van der Waals surface area (Å²) in [7, 11) is 0. The van der Waals surface area contributed by atoms with Gasteiger partial charge in [-0.25, -0.2) is 0 Å². The van der Waals surface area contributed by atoms with E-state index in [9.17, 15) is 9.59 Å². The number of carbonyl (C=O) groups is 2. The van der Waals surface area contributed by atoms with Gasteiger partial charge < -0.3 is 16.4 Å². The summed E-state index contributed by atoms with van der Waals surface area (Å²) in [5.41, 5.74) is 10.6. The summed E-state index contributed by atoms with van der Waals surface area (Å²) in [4.78, 5) is 24.6. The number of nitrogens with zero attached hydrogens (tertiary/aromatic N) is 1. The second kappa shape index (κ2) is 4.82. The molecule has 0 radical (unpaired) electrons. The van der Waals surface area contributed by atoms with Gasteiger partial charge in [0.25, 0.3) is 0 Å². The molecule has 0 atom stereocenters. The fourth-order valence-electron chi connectivity index (χ4n) is 1.91. The van der Waals surface area contributed by atoms with Crippen LogP contribution in [0.2, 0.25) is 0 Å². The maximum Gasteiger partial charge on any atom is 0.224 e. The molecule has 0 aromatic rings. The zero-order valence-corrected chi connectivity index (χ0v) is 10.0. The highest BCUT2D eigenvalue weighted by Gasteiger charge is 2.27. The first-order valence-electron chi connectivity index (χ1n) is 5.65. The molecule has 16 heavy (non-hydrogen) atoms. The van der Waals surface area contributed by atoms with Crippen molar-refractivity contribution in [3.8, 4) is 0 Å². The molecule has 0 aliphatic carbocycles. The summed E-state index contributed by atoms with van der Waals surface area (Å²) in [6.07, 6.45) is 1.69. The van der Waals surface area contributed by atoms with Crippen LogP contribution in [-0.2, 0) is 9.59 Å². The Balaban J connectivity index is 2.42. The number of hydrogen-bond donors (Lipinski definition) is 2. The quantitative estimate of drug-likeness (QED) is 0.702. The van der Waals surface area contributed by atoms with Crippen molar-refractivity contribution < 1.29 is 9.59 Å². The summed E-state index contributed by atoms with van der Waals surface area (Å²) in [5, 5.41) is 0. The van der Waals surface area contributed by atoms with Gasteiger partial charge in [0.05, 0.1) is 0 Å². The van der Waals surface area contributed by atoms with E-state index in [4.69, 9.17) is 11.5 Å². The third kappa shape index (κ3) is 3.81. The van der Waals surface area contributed by atoms with Crippen molar-refractivity contribution in [3.63, 3.8) is 0 Å². The molecular formula is C11H21N3O2. The second-order valence-corrected chi connectivity index (χ2v) is 5.22. The van der Waals surface area contributed by atoms with Crippen molar-refractivity contribution in [2.24, 2.45) is 17.4 Å². The highest BCUT2D eigenvalue weighted by Crippen LogP contribution is 2.18. The van der Waals surface area contributed by atoms with Crippen LogP contribution in [-0.4, -0.2) is 35.3 Å². The van der Waals surface area contributed by atoms with E-state index in [1.54, 1.807) is 4.90 Å². The van der Waals surface area contributed by atoms with Crippen molar-refractivity contribution in [2.75, 3.05) is 13.1 Å². The molecule has 1 saturated heterocycles. The third-order valence-corrected chi connectivity index (χ3v) is 2.86. The fourth-order valence-corrected chi connectivity index (χ4v) is 1.91. The summed E-state index contributed by atoms with van der Waals surface area (Å²) in [6.45, 7) is 4.90. The molecule has 0 aromatic heterocycles. The number of hydrogen-bond acceptors (Lipinski definition) is 3. The van der Waals surface area contributed by atoms with Crippen LogP contribution in [0.25, 0.3) is 0 Å². The van der Waals surface area contributed by atoms with E-state index in [1.807, 2.05) is 13.8 Å². The molecule has 1 heterocycles. The lowest BCUT2D eigenvalue weighted by Gasteiger charge is -2.32. The van der Waals surface area contributed by atoms with Gasteiger partial charge in [0.1, 0.15) is 0 Å². The minimum absolute atomic E-state index is 0.0652. The standard InChI is InChI=1S/C11H21N3O2/c1-11(2,13)7-9(15)14-5-3-8(4-6-14)10(12)16/h8H,3-7,13H2,1-2H3,(H2,12,16). The highest BCUT2D eigenvalue weighted by molar-refractivity contribution is 5.79. The largest absolute Gasteiger partial charge is 0.369 e. The van der Waals surface area contributed by atoms with E-state index in [1.165, 1.54) is 0 Å². The third-order valence-electron chi connectivity index (χ3n) is 2.86. The molecular weight excluding hydrogens is 206 g/mol. The van der Waals surface area contributed by atoms with Crippen molar-refractivity contribution in [3.05, 3.63) is 0 Å². The monoisotopic (exact) mass is 227 g/mol. The Bertz CT molecular complexity index is 275. The number of piperidine rings is 1. The molecule has 92 valence electrons. The maximum atomic E-state index is 11.8. The Labute approximate surface area is 96.1 Å². The van der Waals surface area contributed by atoms with E-state index >= 15 is 0 Å². The Morgan fingerprint density at radius 3 is 2.19 bits per heavy atom. The molecule has 0 unspecified atom stereocenters. The van der Waals surface area contributed by atoms with Gasteiger partial charge in [-0.05, 0) is 26.7 Å². The first-order chi connectivity index (χ1) is 7.29. The minimum atomic E-state index is -0.475. The zero-order chi connectivity index (χ0) is 12.3. The van der Waals surface area contributed by atoms with Crippen LogP contribution in [0.5, 0.6) is 0 Å². The molecule has 4 N–H and O–H groups in total. The Hall–Kier alpha value is -1.10. The SMILES string of the molecule is CC(C)(N)CC(=O)N1CCC(C(N)=O)CC1. The van der Waals surface area contributed by atoms with Gasteiger partial charge in [0, 0.05) is 31.0 Å². The maximum absolute atomic E-state index is 11.8. The number of rotatable bonds is 3. The lowest BCUT2D eigenvalue weighted by atomic mass is 9.95. The number of nitrogens with two attached hydrogens (primary N) is 2. The van der Waals surface area contributed by atoms with Gasteiger partial charge in [-0.3, -0.25) is 9.59 Å². The first kappa shape index (κ1) is 13.0. The number of primary amides is 1. The van der Waals surface area contributed by atoms with E-state index in [0.29, 0.717) is 32.4 Å². The number of likely N-dealkylation sites (tertiary alicyclic amines) is 1. The highest BCUT2D eigenvalue weighted by atomic mass is 16.2. The summed E-state index contributed by atoms with van der Waals surface area (Å²) in [6, 6.07) is 0.